The first kappa shape index (κ1) is 13.4. The maximum absolute atomic E-state index is 11.7. The monoisotopic (exact) mass is 308 g/mol. The number of nitrogens with two attached hydrogens (primary N) is 1. The fourth-order valence-electron chi connectivity index (χ4n) is 1.04. The summed E-state index contributed by atoms with van der Waals surface area (Å²) in [4.78, 5) is 0.145. The standard InChI is InChI=1S/C9H13BrN2O3S/c10-8-6-7(2-3-9(8)11)16(14,15)12-4-1-5-13/h2-3,6,12-13H,1,4-5,11H2. The highest BCUT2D eigenvalue weighted by atomic mass is 79.9. The number of sulfonamides is 1. The first-order valence-electron chi connectivity index (χ1n) is 4.63. The van der Waals surface area contributed by atoms with Crippen LogP contribution in [0.3, 0.4) is 0 Å². The number of halogens is 1. The molecule has 0 unspecified atom stereocenters. The van der Waals surface area contributed by atoms with Crippen LogP contribution < -0.4 is 10.5 Å². The number of hydrogen-bond donors (Lipinski definition) is 3. The number of rotatable bonds is 5. The summed E-state index contributed by atoms with van der Waals surface area (Å²) in [5.41, 5.74) is 6.04. The van der Waals surface area contributed by atoms with E-state index in [1.54, 1.807) is 0 Å². The van der Waals surface area contributed by atoms with E-state index in [9.17, 15) is 8.42 Å². The van der Waals surface area contributed by atoms with Crippen molar-refractivity contribution in [3.63, 3.8) is 0 Å². The molecule has 0 spiro atoms. The summed E-state index contributed by atoms with van der Waals surface area (Å²) in [7, 11) is -3.52. The molecule has 4 N–H and O–H groups in total. The van der Waals surface area contributed by atoms with Crippen molar-refractivity contribution in [1.29, 1.82) is 0 Å². The molecule has 0 fully saturated rings. The second kappa shape index (κ2) is 5.62. The molecule has 0 aliphatic rings. The molecule has 0 amide bonds. The van der Waals surface area contributed by atoms with Gasteiger partial charge in [-0.15, -0.1) is 0 Å². The maximum Gasteiger partial charge on any atom is 0.240 e. The van der Waals surface area contributed by atoms with Gasteiger partial charge in [-0.3, -0.25) is 0 Å². The fraction of sp³-hybridized carbons (Fsp3) is 0.333. The molecule has 0 heterocycles. The van der Waals surface area contributed by atoms with E-state index in [4.69, 9.17) is 10.8 Å². The molecule has 1 aromatic carbocycles. The Bertz CT molecular complexity index is 462. The molecule has 0 atom stereocenters. The van der Waals surface area contributed by atoms with E-state index < -0.39 is 10.0 Å². The number of anilines is 1. The largest absolute Gasteiger partial charge is 0.398 e. The van der Waals surface area contributed by atoms with Gasteiger partial charge in [0.1, 0.15) is 0 Å². The molecule has 7 heteroatoms. The highest BCUT2D eigenvalue weighted by Crippen LogP contribution is 2.22. The normalized spacial score (nSPS) is 11.6. The van der Waals surface area contributed by atoms with E-state index in [0.29, 0.717) is 16.6 Å². The molecule has 0 saturated heterocycles. The summed E-state index contributed by atoms with van der Waals surface area (Å²) in [5.74, 6) is 0. The summed E-state index contributed by atoms with van der Waals surface area (Å²) in [6.07, 6.45) is 0.384. The SMILES string of the molecule is Nc1ccc(S(=O)(=O)NCCCO)cc1Br. The van der Waals surface area contributed by atoms with Gasteiger partial charge >= 0.3 is 0 Å². The van der Waals surface area contributed by atoms with Crippen LogP contribution in [-0.2, 0) is 10.0 Å². The summed E-state index contributed by atoms with van der Waals surface area (Å²) >= 11 is 3.16. The second-order valence-electron chi connectivity index (χ2n) is 3.16. The minimum absolute atomic E-state index is 0.0477. The first-order chi connectivity index (χ1) is 7.47. The number of benzene rings is 1. The highest BCUT2D eigenvalue weighted by Gasteiger charge is 2.13. The third kappa shape index (κ3) is 3.44. The Morgan fingerprint density at radius 3 is 2.69 bits per heavy atom. The van der Waals surface area contributed by atoms with Crippen LogP contribution in [0.5, 0.6) is 0 Å². The van der Waals surface area contributed by atoms with Crippen LogP contribution in [-0.4, -0.2) is 26.7 Å². The predicted molar refractivity (Wildman–Crippen MR) is 65.4 cm³/mol. The molecule has 90 valence electrons. The third-order valence-corrected chi connectivity index (χ3v) is 4.05. The Morgan fingerprint density at radius 2 is 2.12 bits per heavy atom. The van der Waals surface area contributed by atoms with Crippen LogP contribution in [0.2, 0.25) is 0 Å². The van der Waals surface area contributed by atoms with Gasteiger partial charge in [0.15, 0.2) is 0 Å². The van der Waals surface area contributed by atoms with E-state index in [2.05, 4.69) is 20.7 Å². The fourth-order valence-corrected chi connectivity index (χ4v) is 2.67. The van der Waals surface area contributed by atoms with Crippen molar-refractivity contribution in [2.45, 2.75) is 11.3 Å². The average Bonchev–Trinajstić information content (AvgIpc) is 2.22. The number of aliphatic hydroxyl groups excluding tert-OH is 1. The van der Waals surface area contributed by atoms with Crippen LogP contribution in [0.15, 0.2) is 27.6 Å². The minimum atomic E-state index is -3.52. The van der Waals surface area contributed by atoms with Crippen molar-refractivity contribution in [3.8, 4) is 0 Å². The van der Waals surface area contributed by atoms with Gasteiger partial charge in [-0.1, -0.05) is 0 Å². The molecule has 0 aliphatic carbocycles. The smallest absolute Gasteiger partial charge is 0.240 e. The van der Waals surface area contributed by atoms with Crippen LogP contribution >= 0.6 is 15.9 Å². The summed E-state index contributed by atoms with van der Waals surface area (Å²) in [6.45, 7) is 0.161. The topological polar surface area (TPSA) is 92.4 Å². The minimum Gasteiger partial charge on any atom is -0.398 e. The van der Waals surface area contributed by atoms with E-state index >= 15 is 0 Å². The highest BCUT2D eigenvalue weighted by molar-refractivity contribution is 9.10. The molecule has 1 aromatic rings. The Hall–Kier alpha value is -0.630. The van der Waals surface area contributed by atoms with Crippen LogP contribution in [0.4, 0.5) is 5.69 Å². The summed E-state index contributed by atoms with van der Waals surface area (Å²) < 4.78 is 26.3. The van der Waals surface area contributed by atoms with Gasteiger partial charge in [-0.05, 0) is 40.5 Å². The van der Waals surface area contributed by atoms with Crippen molar-refractivity contribution in [2.24, 2.45) is 0 Å². The lowest BCUT2D eigenvalue weighted by Gasteiger charge is -2.07. The van der Waals surface area contributed by atoms with Crippen molar-refractivity contribution in [3.05, 3.63) is 22.7 Å². The van der Waals surface area contributed by atoms with Crippen molar-refractivity contribution in [2.75, 3.05) is 18.9 Å². The molecule has 5 nitrogen and oxygen atoms in total. The van der Waals surface area contributed by atoms with Gasteiger partial charge in [-0.2, -0.15) is 0 Å². The molecule has 0 bridgehead atoms. The Morgan fingerprint density at radius 1 is 1.44 bits per heavy atom. The van der Waals surface area contributed by atoms with Gasteiger partial charge in [0.25, 0.3) is 0 Å². The molecular formula is C9H13BrN2O3S. The summed E-state index contributed by atoms with van der Waals surface area (Å²) in [5, 5.41) is 8.56. The number of aliphatic hydroxyl groups is 1. The van der Waals surface area contributed by atoms with Crippen LogP contribution in [0, 0.1) is 0 Å². The molecule has 1 rings (SSSR count). The van der Waals surface area contributed by atoms with Gasteiger partial charge in [0.2, 0.25) is 10.0 Å². The van der Waals surface area contributed by atoms with Crippen LogP contribution in [0.1, 0.15) is 6.42 Å². The molecular weight excluding hydrogens is 296 g/mol. The van der Waals surface area contributed by atoms with E-state index in [0.717, 1.165) is 0 Å². The number of hydrogen-bond acceptors (Lipinski definition) is 4. The summed E-state index contributed by atoms with van der Waals surface area (Å²) in [6, 6.07) is 4.39. The predicted octanol–water partition coefficient (Wildman–Crippen LogP) is 0.692. The molecule has 0 aliphatic heterocycles. The quantitative estimate of drug-likeness (QED) is 0.551. The molecule has 0 aromatic heterocycles. The third-order valence-electron chi connectivity index (χ3n) is 1.91. The van der Waals surface area contributed by atoms with Gasteiger partial charge in [0, 0.05) is 23.3 Å². The lowest BCUT2D eigenvalue weighted by Crippen LogP contribution is -2.25. The van der Waals surface area contributed by atoms with Crippen molar-refractivity contribution in [1.82, 2.24) is 4.72 Å². The van der Waals surface area contributed by atoms with Crippen molar-refractivity contribution < 1.29 is 13.5 Å². The molecule has 16 heavy (non-hydrogen) atoms. The van der Waals surface area contributed by atoms with E-state index in [1.807, 2.05) is 0 Å². The Balaban J connectivity index is 2.86. The molecule has 0 radical (unpaired) electrons. The lowest BCUT2D eigenvalue weighted by atomic mass is 10.3. The Kier molecular flexibility index (Phi) is 4.72. The first-order valence-corrected chi connectivity index (χ1v) is 6.90. The van der Waals surface area contributed by atoms with E-state index in [-0.39, 0.29) is 18.0 Å². The maximum atomic E-state index is 11.7. The zero-order valence-electron chi connectivity index (χ0n) is 8.48. The lowest BCUT2D eigenvalue weighted by molar-refractivity contribution is 0.289. The van der Waals surface area contributed by atoms with Gasteiger partial charge in [0.05, 0.1) is 4.90 Å². The van der Waals surface area contributed by atoms with Gasteiger partial charge < -0.3 is 10.8 Å². The van der Waals surface area contributed by atoms with Crippen LogP contribution in [0.25, 0.3) is 0 Å². The second-order valence-corrected chi connectivity index (χ2v) is 5.78. The number of nitrogen functional groups attached to an aromatic ring is 1. The Labute approximate surface area is 103 Å². The zero-order chi connectivity index (χ0) is 12.2. The zero-order valence-corrected chi connectivity index (χ0v) is 10.9. The van der Waals surface area contributed by atoms with Gasteiger partial charge in [-0.25, -0.2) is 13.1 Å². The molecule has 0 saturated carbocycles. The van der Waals surface area contributed by atoms with E-state index in [1.165, 1.54) is 18.2 Å². The van der Waals surface area contributed by atoms with Crippen molar-refractivity contribution >= 4 is 31.6 Å². The number of nitrogens with one attached hydrogen (secondary N) is 1. The average molecular weight is 309 g/mol.